The first-order chi connectivity index (χ1) is 19.2. The van der Waals surface area contributed by atoms with Crippen LogP contribution in [0.15, 0.2) is 36.5 Å². The van der Waals surface area contributed by atoms with E-state index in [-0.39, 0.29) is 17.2 Å². The smallest absolute Gasteiger partial charge is 0.337 e. The average Bonchev–Trinajstić information content (AvgIpc) is 3.54. The molecule has 4 aromatic rings. The molecule has 8 nitrogen and oxygen atoms in total. The molecule has 3 aromatic heterocycles. The van der Waals surface area contributed by atoms with E-state index in [1.165, 1.54) is 23.5 Å². The van der Waals surface area contributed by atoms with Gasteiger partial charge >= 0.3 is 5.97 Å². The van der Waals surface area contributed by atoms with Gasteiger partial charge in [-0.05, 0) is 63.6 Å². The van der Waals surface area contributed by atoms with Crippen LogP contribution in [0.25, 0.3) is 16.3 Å². The number of thiazole rings is 1. The van der Waals surface area contributed by atoms with Crippen molar-refractivity contribution in [3.8, 4) is 10.7 Å². The summed E-state index contributed by atoms with van der Waals surface area (Å²) in [5.41, 5.74) is 2.96. The second-order valence-corrected chi connectivity index (χ2v) is 13.7. The molecule has 0 bridgehead atoms. The third kappa shape index (κ3) is 6.13. The summed E-state index contributed by atoms with van der Waals surface area (Å²) >= 11 is 1.54. The van der Waals surface area contributed by atoms with E-state index in [9.17, 15) is 14.3 Å². The van der Waals surface area contributed by atoms with Crippen molar-refractivity contribution in [2.45, 2.75) is 78.9 Å². The standard InChI is InChI=1S/C31H38FN5O3S/c1-18(20-8-10-21(32)11-9-20)23-17-33-27(41-23)22-16-24-34-19(2)25(26(29(38)39)40-30(3,4)5)28(37(24)35-22)36-14-12-31(6,7)13-15-36/h8-11,16-18,26H,12-15H2,1-7H3,(H,38,39). The van der Waals surface area contributed by atoms with Crippen LogP contribution in [-0.4, -0.2) is 49.3 Å². The Balaban J connectivity index is 1.61. The Hall–Kier alpha value is -3.37. The van der Waals surface area contributed by atoms with E-state index in [1.54, 1.807) is 16.6 Å². The minimum Gasteiger partial charge on any atom is -0.479 e. The second kappa shape index (κ2) is 10.8. The van der Waals surface area contributed by atoms with Gasteiger partial charge in [0.25, 0.3) is 0 Å². The van der Waals surface area contributed by atoms with Gasteiger partial charge < -0.3 is 14.7 Å². The van der Waals surface area contributed by atoms with Gasteiger partial charge in [0, 0.05) is 41.8 Å². The van der Waals surface area contributed by atoms with E-state index >= 15 is 0 Å². The number of hydrogen-bond donors (Lipinski definition) is 1. The zero-order valence-electron chi connectivity index (χ0n) is 24.7. The maximum atomic E-state index is 13.4. The van der Waals surface area contributed by atoms with Crippen LogP contribution in [0, 0.1) is 18.2 Å². The fourth-order valence-electron chi connectivity index (χ4n) is 5.26. The largest absolute Gasteiger partial charge is 0.479 e. The van der Waals surface area contributed by atoms with Crippen LogP contribution in [0.5, 0.6) is 0 Å². The highest BCUT2D eigenvalue weighted by atomic mass is 32.1. The number of aromatic nitrogens is 4. The van der Waals surface area contributed by atoms with Gasteiger partial charge in [-0.2, -0.15) is 9.61 Å². The first-order valence-electron chi connectivity index (χ1n) is 14.0. The zero-order valence-corrected chi connectivity index (χ0v) is 25.5. The summed E-state index contributed by atoms with van der Waals surface area (Å²) in [6, 6.07) is 8.43. The van der Waals surface area contributed by atoms with Crippen LogP contribution >= 0.6 is 11.3 Å². The van der Waals surface area contributed by atoms with Crippen molar-refractivity contribution in [1.29, 1.82) is 0 Å². The van der Waals surface area contributed by atoms with E-state index in [4.69, 9.17) is 14.8 Å². The highest BCUT2D eigenvalue weighted by Crippen LogP contribution is 2.40. The first-order valence-corrected chi connectivity index (χ1v) is 14.8. The number of nitrogens with zero attached hydrogens (tertiary/aromatic N) is 5. The molecule has 2 unspecified atom stereocenters. The van der Waals surface area contributed by atoms with E-state index in [0.717, 1.165) is 41.4 Å². The van der Waals surface area contributed by atoms with E-state index < -0.39 is 17.7 Å². The van der Waals surface area contributed by atoms with Crippen LogP contribution < -0.4 is 4.90 Å². The van der Waals surface area contributed by atoms with E-state index in [2.05, 4.69) is 30.7 Å². The molecule has 1 aliphatic heterocycles. The number of fused-ring (bicyclic) bond motifs is 1. The van der Waals surface area contributed by atoms with Crippen LogP contribution in [0.1, 0.15) is 88.1 Å². The molecule has 1 aliphatic rings. The minimum atomic E-state index is -1.20. The van der Waals surface area contributed by atoms with Gasteiger partial charge in [0.1, 0.15) is 22.3 Å². The fraction of sp³-hybridized carbons (Fsp3) is 0.484. The number of hydrogen-bond acceptors (Lipinski definition) is 7. The Bertz CT molecular complexity index is 1560. The van der Waals surface area contributed by atoms with Gasteiger partial charge in [-0.3, -0.25) is 0 Å². The van der Waals surface area contributed by atoms with Crippen molar-refractivity contribution in [3.05, 3.63) is 64.0 Å². The van der Waals surface area contributed by atoms with Crippen molar-refractivity contribution < 1.29 is 19.0 Å². The number of carbonyl (C=O) groups is 1. The number of ether oxygens (including phenoxy) is 1. The van der Waals surface area contributed by atoms with Crippen molar-refractivity contribution >= 4 is 28.8 Å². The van der Waals surface area contributed by atoms with Crippen molar-refractivity contribution in [2.24, 2.45) is 5.41 Å². The predicted octanol–water partition coefficient (Wildman–Crippen LogP) is 7.02. The minimum absolute atomic E-state index is 0.0454. The van der Waals surface area contributed by atoms with Crippen molar-refractivity contribution in [3.63, 3.8) is 0 Å². The SMILES string of the molecule is Cc1nc2cc(-c3ncc(C(C)c4ccc(F)cc4)s3)nn2c(N2CCC(C)(C)CC2)c1C(OC(C)(C)C)C(=O)O. The summed E-state index contributed by atoms with van der Waals surface area (Å²) in [6.07, 6.45) is 2.58. The Morgan fingerprint density at radius 3 is 2.44 bits per heavy atom. The highest BCUT2D eigenvalue weighted by molar-refractivity contribution is 7.15. The third-order valence-corrected chi connectivity index (χ3v) is 8.92. The Kier molecular flexibility index (Phi) is 7.67. The Morgan fingerprint density at radius 2 is 1.83 bits per heavy atom. The van der Waals surface area contributed by atoms with Gasteiger partial charge in [0.15, 0.2) is 11.8 Å². The lowest BCUT2D eigenvalue weighted by Gasteiger charge is -2.39. The molecule has 0 aliphatic carbocycles. The van der Waals surface area contributed by atoms with Crippen molar-refractivity contribution in [2.75, 3.05) is 18.0 Å². The first kappa shape index (κ1) is 29.1. The molecule has 5 rings (SSSR count). The second-order valence-electron chi connectivity index (χ2n) is 12.7. The lowest BCUT2D eigenvalue weighted by atomic mass is 9.82. The number of halogens is 1. The van der Waals surface area contributed by atoms with Crippen LogP contribution in [0.3, 0.4) is 0 Å². The number of benzene rings is 1. The molecule has 1 N–H and O–H groups in total. The predicted molar refractivity (Wildman–Crippen MR) is 159 cm³/mol. The normalized spacial score (nSPS) is 17.1. The zero-order chi connectivity index (χ0) is 29.7. The summed E-state index contributed by atoms with van der Waals surface area (Å²) < 4.78 is 21.3. The van der Waals surface area contributed by atoms with Crippen LogP contribution in [0.4, 0.5) is 10.2 Å². The maximum absolute atomic E-state index is 13.4. The molecule has 0 saturated carbocycles. The molecule has 218 valence electrons. The Labute approximate surface area is 244 Å². The molecule has 0 amide bonds. The molecule has 10 heteroatoms. The molecular formula is C31H38FN5O3S. The average molecular weight is 580 g/mol. The quantitative estimate of drug-likeness (QED) is 0.252. The monoisotopic (exact) mass is 579 g/mol. The molecule has 1 fully saturated rings. The summed E-state index contributed by atoms with van der Waals surface area (Å²) in [5, 5.41) is 16.0. The molecular weight excluding hydrogens is 541 g/mol. The molecule has 1 aromatic carbocycles. The molecule has 0 radical (unpaired) electrons. The molecule has 41 heavy (non-hydrogen) atoms. The van der Waals surface area contributed by atoms with Crippen molar-refractivity contribution in [1.82, 2.24) is 19.6 Å². The van der Waals surface area contributed by atoms with Gasteiger partial charge in [-0.1, -0.05) is 32.9 Å². The van der Waals surface area contributed by atoms with E-state index in [0.29, 0.717) is 28.4 Å². The number of rotatable bonds is 7. The van der Waals surface area contributed by atoms with Crippen LogP contribution in [0.2, 0.25) is 0 Å². The topological polar surface area (TPSA) is 92.9 Å². The lowest BCUT2D eigenvalue weighted by molar-refractivity contribution is -0.160. The number of aliphatic carboxylic acids is 1. The highest BCUT2D eigenvalue weighted by Gasteiger charge is 2.36. The lowest BCUT2D eigenvalue weighted by Crippen LogP contribution is -2.40. The van der Waals surface area contributed by atoms with Gasteiger partial charge in [0.05, 0.1) is 11.2 Å². The summed E-state index contributed by atoms with van der Waals surface area (Å²) in [6.45, 7) is 15.5. The summed E-state index contributed by atoms with van der Waals surface area (Å²) in [4.78, 5) is 25.3. The third-order valence-electron chi connectivity index (χ3n) is 7.72. The fourth-order valence-corrected chi connectivity index (χ4v) is 6.21. The number of carboxylic acids is 1. The van der Waals surface area contributed by atoms with E-state index in [1.807, 2.05) is 40.0 Å². The maximum Gasteiger partial charge on any atom is 0.337 e. The molecule has 2 atom stereocenters. The summed E-state index contributed by atoms with van der Waals surface area (Å²) in [7, 11) is 0. The van der Waals surface area contributed by atoms with Gasteiger partial charge in [-0.25, -0.2) is 19.2 Å². The molecule has 4 heterocycles. The van der Waals surface area contributed by atoms with Crippen LogP contribution in [-0.2, 0) is 9.53 Å². The number of carboxylic acid groups (broad SMARTS) is 1. The number of aryl methyl sites for hydroxylation is 1. The van der Waals surface area contributed by atoms with Gasteiger partial charge in [0.2, 0.25) is 0 Å². The molecule has 1 saturated heterocycles. The Morgan fingerprint density at radius 1 is 1.17 bits per heavy atom. The number of piperidine rings is 1. The van der Waals surface area contributed by atoms with Gasteiger partial charge in [-0.15, -0.1) is 11.3 Å². The summed E-state index contributed by atoms with van der Waals surface area (Å²) in [5.74, 6) is -0.565. The molecule has 0 spiro atoms. The number of anilines is 1.